The zero-order valence-electron chi connectivity index (χ0n) is 9.52. The summed E-state index contributed by atoms with van der Waals surface area (Å²) in [5.74, 6) is 0. The third-order valence-corrected chi connectivity index (χ3v) is 3.25. The van der Waals surface area contributed by atoms with Gasteiger partial charge in [-0.1, -0.05) is 19.8 Å². The second kappa shape index (κ2) is 4.96. The van der Waals surface area contributed by atoms with Gasteiger partial charge in [0.2, 0.25) is 0 Å². The molecule has 2 nitrogen and oxygen atoms in total. The van der Waals surface area contributed by atoms with Gasteiger partial charge in [0.1, 0.15) is 0 Å². The smallest absolute Gasteiger partial charge is 0.166 e. The Morgan fingerprint density at radius 1 is 1.36 bits per heavy atom. The lowest BCUT2D eigenvalue weighted by molar-refractivity contribution is 0.438. The van der Waals surface area contributed by atoms with Crippen LogP contribution in [-0.2, 0) is 0 Å². The zero-order chi connectivity index (χ0) is 10.6. The normalized spacial score (nSPS) is 18.2. The van der Waals surface area contributed by atoms with Crippen molar-refractivity contribution in [1.82, 2.24) is 10.6 Å². The highest BCUT2D eigenvalue weighted by Crippen LogP contribution is 2.17. The van der Waals surface area contributed by atoms with Crippen LogP contribution in [0.1, 0.15) is 52.9 Å². The third-order valence-electron chi connectivity index (χ3n) is 3.03. The van der Waals surface area contributed by atoms with Crippen LogP contribution in [0.5, 0.6) is 0 Å². The first kappa shape index (κ1) is 11.8. The molecule has 0 aromatic carbocycles. The van der Waals surface area contributed by atoms with Gasteiger partial charge in [0, 0.05) is 11.6 Å². The van der Waals surface area contributed by atoms with Gasteiger partial charge >= 0.3 is 0 Å². The maximum Gasteiger partial charge on any atom is 0.166 e. The topological polar surface area (TPSA) is 24.1 Å². The molecule has 0 amide bonds. The van der Waals surface area contributed by atoms with Crippen LogP contribution in [-0.4, -0.2) is 16.7 Å². The highest BCUT2D eigenvalue weighted by atomic mass is 32.1. The molecule has 0 spiro atoms. The lowest BCUT2D eigenvalue weighted by Gasteiger charge is -2.27. The Morgan fingerprint density at radius 3 is 2.43 bits per heavy atom. The average molecular weight is 214 g/mol. The van der Waals surface area contributed by atoms with Crippen molar-refractivity contribution in [2.75, 3.05) is 0 Å². The van der Waals surface area contributed by atoms with Crippen LogP contribution >= 0.6 is 12.2 Å². The van der Waals surface area contributed by atoms with Gasteiger partial charge in [0.05, 0.1) is 0 Å². The number of hydrogen-bond donors (Lipinski definition) is 2. The standard InChI is InChI=1S/C11H22N2S/c1-4-11(2,3)13-10(14)12-9-7-5-6-8-9/h9H,4-8H2,1-3H3,(H2,12,13,14). The summed E-state index contributed by atoms with van der Waals surface area (Å²) < 4.78 is 0. The summed E-state index contributed by atoms with van der Waals surface area (Å²) in [6, 6.07) is 0.614. The average Bonchev–Trinajstić information content (AvgIpc) is 2.55. The van der Waals surface area contributed by atoms with Crippen LogP contribution < -0.4 is 10.6 Å². The molecule has 1 rings (SSSR count). The maximum atomic E-state index is 5.28. The molecule has 0 atom stereocenters. The van der Waals surface area contributed by atoms with Crippen molar-refractivity contribution in [3.63, 3.8) is 0 Å². The predicted molar refractivity (Wildman–Crippen MR) is 65.5 cm³/mol. The molecule has 2 N–H and O–H groups in total. The number of rotatable bonds is 3. The van der Waals surface area contributed by atoms with E-state index in [9.17, 15) is 0 Å². The van der Waals surface area contributed by atoms with E-state index in [1.54, 1.807) is 0 Å². The Hall–Kier alpha value is -0.310. The molecule has 0 radical (unpaired) electrons. The first-order valence-corrected chi connectivity index (χ1v) is 6.03. The molecular weight excluding hydrogens is 192 g/mol. The Bertz CT molecular complexity index is 195. The minimum absolute atomic E-state index is 0.114. The van der Waals surface area contributed by atoms with Crippen molar-refractivity contribution < 1.29 is 0 Å². The summed E-state index contributed by atoms with van der Waals surface area (Å²) in [5.41, 5.74) is 0.114. The fourth-order valence-corrected chi connectivity index (χ4v) is 2.13. The minimum Gasteiger partial charge on any atom is -0.360 e. The molecule has 0 aromatic rings. The summed E-state index contributed by atoms with van der Waals surface area (Å²) in [5, 5.41) is 7.57. The fraction of sp³-hybridized carbons (Fsp3) is 0.909. The van der Waals surface area contributed by atoms with E-state index in [4.69, 9.17) is 12.2 Å². The molecule has 82 valence electrons. The monoisotopic (exact) mass is 214 g/mol. The summed E-state index contributed by atoms with van der Waals surface area (Å²) >= 11 is 5.28. The lowest BCUT2D eigenvalue weighted by atomic mass is 10.0. The fourth-order valence-electron chi connectivity index (χ4n) is 1.69. The van der Waals surface area contributed by atoms with E-state index in [1.165, 1.54) is 25.7 Å². The largest absolute Gasteiger partial charge is 0.360 e. The first-order valence-electron chi connectivity index (χ1n) is 5.62. The van der Waals surface area contributed by atoms with E-state index in [-0.39, 0.29) is 5.54 Å². The summed E-state index contributed by atoms with van der Waals surface area (Å²) in [7, 11) is 0. The second-order valence-electron chi connectivity index (χ2n) is 4.82. The third kappa shape index (κ3) is 3.82. The quantitative estimate of drug-likeness (QED) is 0.706. The highest BCUT2D eigenvalue weighted by molar-refractivity contribution is 7.80. The molecule has 0 heterocycles. The minimum atomic E-state index is 0.114. The molecular formula is C11H22N2S. The summed E-state index contributed by atoms with van der Waals surface area (Å²) in [6.45, 7) is 6.52. The van der Waals surface area contributed by atoms with Gasteiger partial charge in [-0.2, -0.15) is 0 Å². The first-order chi connectivity index (χ1) is 6.53. The Labute approximate surface area is 92.8 Å². The molecule has 0 unspecified atom stereocenters. The van der Waals surface area contributed by atoms with Crippen LogP contribution in [0.2, 0.25) is 0 Å². The molecule has 14 heavy (non-hydrogen) atoms. The van der Waals surface area contributed by atoms with E-state index in [0.717, 1.165) is 11.5 Å². The van der Waals surface area contributed by atoms with Crippen molar-refractivity contribution in [3.05, 3.63) is 0 Å². The molecule has 3 heteroatoms. The van der Waals surface area contributed by atoms with Gasteiger partial charge in [-0.15, -0.1) is 0 Å². The van der Waals surface area contributed by atoms with Gasteiger partial charge in [0.25, 0.3) is 0 Å². The summed E-state index contributed by atoms with van der Waals surface area (Å²) in [4.78, 5) is 0. The van der Waals surface area contributed by atoms with Crippen LogP contribution in [0.25, 0.3) is 0 Å². The van der Waals surface area contributed by atoms with Crippen molar-refractivity contribution in [2.24, 2.45) is 0 Å². The Kier molecular flexibility index (Phi) is 4.17. The number of thiocarbonyl (C=S) groups is 1. The second-order valence-corrected chi connectivity index (χ2v) is 5.23. The molecule has 1 saturated carbocycles. The number of nitrogens with one attached hydrogen (secondary N) is 2. The van der Waals surface area contributed by atoms with Crippen LogP contribution in [0.4, 0.5) is 0 Å². The Morgan fingerprint density at radius 2 is 1.93 bits per heavy atom. The van der Waals surface area contributed by atoms with Gasteiger partial charge in [-0.25, -0.2) is 0 Å². The van der Waals surface area contributed by atoms with Crippen molar-refractivity contribution in [2.45, 2.75) is 64.5 Å². The molecule has 0 aromatic heterocycles. The van der Waals surface area contributed by atoms with Gasteiger partial charge in [-0.05, 0) is 45.3 Å². The Balaban J connectivity index is 2.27. The van der Waals surface area contributed by atoms with Gasteiger partial charge in [0.15, 0.2) is 5.11 Å². The van der Waals surface area contributed by atoms with Crippen molar-refractivity contribution in [1.29, 1.82) is 0 Å². The highest BCUT2D eigenvalue weighted by Gasteiger charge is 2.19. The molecule has 0 saturated heterocycles. The van der Waals surface area contributed by atoms with Crippen LogP contribution in [0.3, 0.4) is 0 Å². The van der Waals surface area contributed by atoms with E-state index >= 15 is 0 Å². The lowest BCUT2D eigenvalue weighted by Crippen LogP contribution is -2.50. The summed E-state index contributed by atoms with van der Waals surface area (Å²) in [6.07, 6.45) is 6.32. The van der Waals surface area contributed by atoms with Crippen molar-refractivity contribution in [3.8, 4) is 0 Å². The van der Waals surface area contributed by atoms with Crippen LogP contribution in [0.15, 0.2) is 0 Å². The van der Waals surface area contributed by atoms with E-state index < -0.39 is 0 Å². The van der Waals surface area contributed by atoms with Crippen LogP contribution in [0, 0.1) is 0 Å². The molecule has 0 aliphatic heterocycles. The SMILES string of the molecule is CCC(C)(C)NC(=S)NC1CCCC1. The maximum absolute atomic E-state index is 5.28. The van der Waals surface area contributed by atoms with E-state index in [1.807, 2.05) is 0 Å². The molecule has 1 fully saturated rings. The predicted octanol–water partition coefficient (Wildman–Crippen LogP) is 2.58. The molecule has 0 bridgehead atoms. The molecule has 1 aliphatic rings. The van der Waals surface area contributed by atoms with Crippen molar-refractivity contribution >= 4 is 17.3 Å². The van der Waals surface area contributed by atoms with E-state index in [2.05, 4.69) is 31.4 Å². The molecule has 1 aliphatic carbocycles. The zero-order valence-corrected chi connectivity index (χ0v) is 10.3. The number of hydrogen-bond acceptors (Lipinski definition) is 1. The van der Waals surface area contributed by atoms with Gasteiger partial charge < -0.3 is 10.6 Å². The van der Waals surface area contributed by atoms with E-state index in [0.29, 0.717) is 6.04 Å². The van der Waals surface area contributed by atoms with Gasteiger partial charge in [-0.3, -0.25) is 0 Å².